The Hall–Kier alpha value is -1.19. The molecule has 4 saturated carbocycles. The van der Waals surface area contributed by atoms with Gasteiger partial charge < -0.3 is 5.32 Å². The molecule has 0 saturated heterocycles. The molecule has 4 aliphatic carbocycles. The molecule has 5 rings (SSSR count). The summed E-state index contributed by atoms with van der Waals surface area (Å²) >= 11 is 0. The van der Waals surface area contributed by atoms with Crippen molar-refractivity contribution in [2.45, 2.75) is 44.7 Å². The second-order valence-corrected chi connectivity index (χ2v) is 7.85. The lowest BCUT2D eigenvalue weighted by Gasteiger charge is -2.57. The van der Waals surface area contributed by atoms with Gasteiger partial charge in [0.15, 0.2) is 0 Å². The average molecular weight is 309 g/mol. The molecular weight excluding hydrogens is 287 g/mol. The van der Waals surface area contributed by atoms with Crippen molar-refractivity contribution in [3.63, 3.8) is 0 Å². The molecule has 0 atom stereocenters. The average Bonchev–Trinajstić information content (AvgIpc) is 2.43. The van der Waals surface area contributed by atoms with Gasteiger partial charge in [-0.2, -0.15) is 13.2 Å². The van der Waals surface area contributed by atoms with Crippen LogP contribution in [0.25, 0.3) is 0 Å². The Morgan fingerprint density at radius 2 is 1.41 bits per heavy atom. The normalized spacial score (nSPS) is 36.6. The summed E-state index contributed by atoms with van der Waals surface area (Å²) in [5.41, 5.74) is 0.633. The Bertz CT molecular complexity index is 511. The Kier molecular flexibility index (Phi) is 3.21. The second-order valence-electron chi connectivity index (χ2n) is 7.85. The Labute approximate surface area is 129 Å². The minimum atomic E-state index is -4.25. The van der Waals surface area contributed by atoms with Crippen LogP contribution in [0.3, 0.4) is 0 Å². The van der Waals surface area contributed by atoms with Gasteiger partial charge in [-0.1, -0.05) is 0 Å². The molecule has 0 aliphatic heterocycles. The minimum absolute atomic E-state index is 0.400. The van der Waals surface area contributed by atoms with E-state index in [9.17, 15) is 13.2 Å². The number of hydrogen-bond donors (Lipinski definition) is 1. The monoisotopic (exact) mass is 309 g/mol. The number of benzene rings is 1. The van der Waals surface area contributed by atoms with Crippen LogP contribution < -0.4 is 5.32 Å². The highest BCUT2D eigenvalue weighted by Crippen LogP contribution is 2.59. The highest BCUT2D eigenvalue weighted by atomic mass is 19.4. The van der Waals surface area contributed by atoms with Gasteiger partial charge in [0, 0.05) is 12.2 Å². The molecule has 4 aliphatic rings. The predicted molar refractivity (Wildman–Crippen MR) is 80.5 cm³/mol. The first-order valence-electron chi connectivity index (χ1n) is 8.33. The van der Waals surface area contributed by atoms with Crippen LogP contribution in [0.4, 0.5) is 18.9 Å². The number of hydrogen-bond acceptors (Lipinski definition) is 1. The molecule has 4 heteroatoms. The lowest BCUT2D eigenvalue weighted by atomic mass is 9.49. The highest BCUT2D eigenvalue weighted by Gasteiger charge is 2.50. The van der Waals surface area contributed by atoms with Gasteiger partial charge in [0.25, 0.3) is 0 Å². The van der Waals surface area contributed by atoms with Crippen LogP contribution >= 0.6 is 0 Å². The molecule has 0 radical (unpaired) electrons. The van der Waals surface area contributed by atoms with E-state index in [0.29, 0.717) is 5.41 Å². The Balaban J connectivity index is 1.42. The molecule has 0 aromatic heterocycles. The van der Waals surface area contributed by atoms with Gasteiger partial charge in [0.05, 0.1) is 5.56 Å². The summed E-state index contributed by atoms with van der Waals surface area (Å²) in [7, 11) is 0. The minimum Gasteiger partial charge on any atom is -0.384 e. The zero-order chi connectivity index (χ0) is 15.4. The maximum atomic E-state index is 12.6. The first-order valence-corrected chi connectivity index (χ1v) is 8.33. The number of halogens is 3. The standard InChI is InChI=1S/C18H22F3N/c19-18(20,21)15-1-3-16(4-2-15)22-11-17-8-12-5-13(9-17)7-14(6-12)10-17/h1-4,12-14,22H,5-11H2. The fraction of sp³-hybridized carbons (Fsp3) is 0.667. The maximum Gasteiger partial charge on any atom is 0.416 e. The quantitative estimate of drug-likeness (QED) is 0.795. The zero-order valence-corrected chi connectivity index (χ0v) is 12.6. The molecule has 0 unspecified atom stereocenters. The van der Waals surface area contributed by atoms with Crippen molar-refractivity contribution in [3.05, 3.63) is 29.8 Å². The maximum absolute atomic E-state index is 12.6. The van der Waals surface area contributed by atoms with Gasteiger partial charge in [0.2, 0.25) is 0 Å². The van der Waals surface area contributed by atoms with E-state index in [0.717, 1.165) is 30.0 Å². The largest absolute Gasteiger partial charge is 0.416 e. The van der Waals surface area contributed by atoms with E-state index in [-0.39, 0.29) is 0 Å². The third-order valence-corrected chi connectivity index (χ3v) is 6.04. The van der Waals surface area contributed by atoms with Crippen molar-refractivity contribution in [1.82, 2.24) is 0 Å². The van der Waals surface area contributed by atoms with E-state index in [2.05, 4.69) is 5.32 Å². The van der Waals surface area contributed by atoms with Gasteiger partial charge >= 0.3 is 6.18 Å². The molecule has 4 fully saturated rings. The molecule has 0 heterocycles. The van der Waals surface area contributed by atoms with Crippen molar-refractivity contribution in [2.75, 3.05) is 11.9 Å². The van der Waals surface area contributed by atoms with Crippen LogP contribution in [0.2, 0.25) is 0 Å². The van der Waals surface area contributed by atoms with Gasteiger partial charge in [-0.05, 0) is 86.0 Å². The van der Waals surface area contributed by atoms with Crippen molar-refractivity contribution in [3.8, 4) is 0 Å². The van der Waals surface area contributed by atoms with Gasteiger partial charge in [-0.3, -0.25) is 0 Å². The van der Waals surface area contributed by atoms with Crippen LogP contribution in [0, 0.1) is 23.2 Å². The predicted octanol–water partition coefficient (Wildman–Crippen LogP) is 5.33. The van der Waals surface area contributed by atoms with Gasteiger partial charge in [-0.25, -0.2) is 0 Å². The SMILES string of the molecule is FC(F)(F)c1ccc(NCC23CC4CC(CC(C4)C2)C3)cc1. The topological polar surface area (TPSA) is 12.0 Å². The third-order valence-electron chi connectivity index (χ3n) is 6.04. The summed E-state index contributed by atoms with van der Waals surface area (Å²) in [5.74, 6) is 2.71. The van der Waals surface area contributed by atoms with Crippen molar-refractivity contribution in [1.29, 1.82) is 0 Å². The second kappa shape index (κ2) is 4.90. The number of rotatable bonds is 3. The molecule has 22 heavy (non-hydrogen) atoms. The van der Waals surface area contributed by atoms with E-state index in [4.69, 9.17) is 0 Å². The number of anilines is 1. The van der Waals surface area contributed by atoms with E-state index < -0.39 is 11.7 Å². The lowest BCUT2D eigenvalue weighted by molar-refractivity contribution is -0.137. The Morgan fingerprint density at radius 1 is 0.909 bits per heavy atom. The molecule has 0 spiro atoms. The fourth-order valence-electron chi connectivity index (χ4n) is 5.57. The Morgan fingerprint density at radius 3 is 1.86 bits per heavy atom. The van der Waals surface area contributed by atoms with E-state index in [1.807, 2.05) is 0 Å². The molecule has 1 aromatic carbocycles. The fourth-order valence-corrected chi connectivity index (χ4v) is 5.57. The van der Waals surface area contributed by atoms with Crippen LogP contribution in [-0.4, -0.2) is 6.54 Å². The molecule has 120 valence electrons. The van der Waals surface area contributed by atoms with Crippen LogP contribution in [0.1, 0.15) is 44.1 Å². The summed E-state index contributed by atoms with van der Waals surface area (Å²) in [6.07, 6.45) is 3.93. The number of nitrogens with one attached hydrogen (secondary N) is 1. The van der Waals surface area contributed by atoms with E-state index in [1.165, 1.54) is 50.7 Å². The molecular formula is C18H22F3N. The summed E-state index contributed by atoms with van der Waals surface area (Å²) < 4.78 is 37.8. The first kappa shape index (κ1) is 14.4. The molecule has 0 amide bonds. The summed E-state index contributed by atoms with van der Waals surface area (Å²) in [6, 6.07) is 5.46. The van der Waals surface area contributed by atoms with Crippen LogP contribution in [0.5, 0.6) is 0 Å². The molecule has 1 N–H and O–H groups in total. The van der Waals surface area contributed by atoms with E-state index in [1.54, 1.807) is 12.1 Å². The number of alkyl halides is 3. The lowest BCUT2D eigenvalue weighted by Crippen LogP contribution is -2.49. The van der Waals surface area contributed by atoms with E-state index >= 15 is 0 Å². The zero-order valence-electron chi connectivity index (χ0n) is 12.6. The van der Waals surface area contributed by atoms with Gasteiger partial charge in [0.1, 0.15) is 0 Å². The van der Waals surface area contributed by atoms with Crippen molar-refractivity contribution in [2.24, 2.45) is 23.2 Å². The van der Waals surface area contributed by atoms with Crippen LogP contribution in [0.15, 0.2) is 24.3 Å². The molecule has 4 bridgehead atoms. The first-order chi connectivity index (χ1) is 10.4. The van der Waals surface area contributed by atoms with Crippen molar-refractivity contribution >= 4 is 5.69 Å². The molecule has 1 nitrogen and oxygen atoms in total. The summed E-state index contributed by atoms with van der Waals surface area (Å²) in [5, 5.41) is 3.41. The summed E-state index contributed by atoms with van der Waals surface area (Å²) in [4.78, 5) is 0. The van der Waals surface area contributed by atoms with Crippen LogP contribution in [-0.2, 0) is 6.18 Å². The molecule has 1 aromatic rings. The van der Waals surface area contributed by atoms with Crippen molar-refractivity contribution < 1.29 is 13.2 Å². The van der Waals surface area contributed by atoms with Gasteiger partial charge in [-0.15, -0.1) is 0 Å². The smallest absolute Gasteiger partial charge is 0.384 e. The summed E-state index contributed by atoms with van der Waals surface area (Å²) in [6.45, 7) is 0.919. The highest BCUT2D eigenvalue weighted by molar-refractivity contribution is 5.45. The third kappa shape index (κ3) is 2.61.